The zero-order chi connectivity index (χ0) is 15.2. The van der Waals surface area contributed by atoms with Crippen molar-refractivity contribution in [1.82, 2.24) is 5.32 Å². The summed E-state index contributed by atoms with van der Waals surface area (Å²) in [4.78, 5) is 23.8. The fraction of sp³-hybridized carbons (Fsp3) is 0.250. The van der Waals surface area contributed by atoms with Crippen LogP contribution < -0.4 is 10.6 Å². The minimum absolute atomic E-state index is 0.182. The van der Waals surface area contributed by atoms with E-state index in [0.29, 0.717) is 5.69 Å². The Kier molecular flexibility index (Phi) is 4.77. The van der Waals surface area contributed by atoms with Crippen molar-refractivity contribution in [1.29, 1.82) is 0 Å². The zero-order valence-electron chi connectivity index (χ0n) is 12.1. The van der Waals surface area contributed by atoms with Crippen LogP contribution >= 0.6 is 0 Å². The van der Waals surface area contributed by atoms with Crippen molar-refractivity contribution in [3.63, 3.8) is 0 Å². The lowest BCUT2D eigenvalue weighted by Gasteiger charge is -2.13. The zero-order valence-corrected chi connectivity index (χ0v) is 12.1. The van der Waals surface area contributed by atoms with E-state index >= 15 is 0 Å². The molecule has 2 aromatic rings. The number of hydrogen-bond donors (Lipinski definition) is 2. The average molecular weight is 286 g/mol. The maximum absolute atomic E-state index is 12.0. The summed E-state index contributed by atoms with van der Waals surface area (Å²) >= 11 is 0. The number of hydrogen-bond acceptors (Lipinski definition) is 3. The van der Waals surface area contributed by atoms with Gasteiger partial charge in [0.2, 0.25) is 5.91 Å². The number of amides is 2. The third-order valence-corrected chi connectivity index (χ3v) is 3.12. The molecule has 0 fully saturated rings. The monoisotopic (exact) mass is 286 g/mol. The number of furan rings is 1. The van der Waals surface area contributed by atoms with Gasteiger partial charge in [-0.25, -0.2) is 0 Å². The van der Waals surface area contributed by atoms with E-state index in [9.17, 15) is 9.59 Å². The highest BCUT2D eigenvalue weighted by Crippen LogP contribution is 2.10. The second kappa shape index (κ2) is 6.74. The molecule has 0 aliphatic heterocycles. The first-order valence-corrected chi connectivity index (χ1v) is 6.84. The molecule has 0 radical (unpaired) electrons. The molecule has 0 saturated carbocycles. The van der Waals surface area contributed by atoms with E-state index in [1.807, 2.05) is 24.3 Å². The third kappa shape index (κ3) is 3.95. The summed E-state index contributed by atoms with van der Waals surface area (Å²) < 4.78 is 4.98. The lowest BCUT2D eigenvalue weighted by atomic mass is 10.1. The van der Waals surface area contributed by atoms with Gasteiger partial charge < -0.3 is 15.1 Å². The smallest absolute Gasteiger partial charge is 0.287 e. The van der Waals surface area contributed by atoms with Crippen LogP contribution in [-0.4, -0.2) is 17.9 Å². The second-order valence-corrected chi connectivity index (χ2v) is 4.71. The van der Waals surface area contributed by atoms with Gasteiger partial charge in [-0.1, -0.05) is 19.1 Å². The van der Waals surface area contributed by atoms with Gasteiger partial charge in [0.25, 0.3) is 5.91 Å². The number of rotatable bonds is 5. The summed E-state index contributed by atoms with van der Waals surface area (Å²) in [5, 5.41) is 5.34. The van der Waals surface area contributed by atoms with Crippen molar-refractivity contribution in [2.45, 2.75) is 26.3 Å². The van der Waals surface area contributed by atoms with E-state index in [4.69, 9.17) is 4.42 Å². The molecule has 110 valence electrons. The van der Waals surface area contributed by atoms with Crippen molar-refractivity contribution in [3.05, 3.63) is 54.0 Å². The number of benzene rings is 1. The normalized spacial score (nSPS) is 11.7. The van der Waals surface area contributed by atoms with Crippen LogP contribution in [0.25, 0.3) is 0 Å². The number of aryl methyl sites for hydroxylation is 1. The lowest BCUT2D eigenvalue weighted by molar-refractivity contribution is -0.117. The second-order valence-electron chi connectivity index (χ2n) is 4.71. The van der Waals surface area contributed by atoms with Crippen LogP contribution in [0, 0.1) is 0 Å². The maximum atomic E-state index is 12.0. The minimum atomic E-state index is -0.659. The quantitative estimate of drug-likeness (QED) is 0.887. The molecule has 0 spiro atoms. The highest BCUT2D eigenvalue weighted by atomic mass is 16.3. The molecule has 5 heteroatoms. The van der Waals surface area contributed by atoms with Gasteiger partial charge in [-0.2, -0.15) is 0 Å². The first-order valence-electron chi connectivity index (χ1n) is 6.84. The number of anilines is 1. The first-order chi connectivity index (χ1) is 10.1. The van der Waals surface area contributed by atoms with Crippen molar-refractivity contribution >= 4 is 17.5 Å². The molecule has 2 N–H and O–H groups in total. The Morgan fingerprint density at radius 2 is 1.90 bits per heavy atom. The van der Waals surface area contributed by atoms with Crippen LogP contribution in [0.3, 0.4) is 0 Å². The molecule has 21 heavy (non-hydrogen) atoms. The molecule has 2 amide bonds. The SMILES string of the molecule is CCc1ccc(NC(=O)[C@@H](C)NC(=O)c2ccco2)cc1. The van der Waals surface area contributed by atoms with E-state index in [-0.39, 0.29) is 11.7 Å². The first kappa shape index (κ1) is 14.8. The Labute approximate surface area is 123 Å². The van der Waals surface area contributed by atoms with Crippen LogP contribution in [0.1, 0.15) is 30.0 Å². The predicted molar refractivity (Wildman–Crippen MR) is 80.1 cm³/mol. The van der Waals surface area contributed by atoms with E-state index in [1.54, 1.807) is 19.1 Å². The van der Waals surface area contributed by atoms with E-state index in [0.717, 1.165) is 6.42 Å². The lowest BCUT2D eigenvalue weighted by Crippen LogP contribution is -2.41. The number of nitrogens with one attached hydrogen (secondary N) is 2. The van der Waals surface area contributed by atoms with E-state index in [1.165, 1.54) is 11.8 Å². The Morgan fingerprint density at radius 1 is 1.19 bits per heavy atom. The summed E-state index contributed by atoms with van der Waals surface area (Å²) in [7, 11) is 0. The van der Waals surface area contributed by atoms with Crippen molar-refractivity contribution < 1.29 is 14.0 Å². The largest absolute Gasteiger partial charge is 0.459 e. The molecule has 5 nitrogen and oxygen atoms in total. The van der Waals surface area contributed by atoms with Gasteiger partial charge in [0.05, 0.1) is 6.26 Å². The van der Waals surface area contributed by atoms with Gasteiger partial charge in [-0.15, -0.1) is 0 Å². The Morgan fingerprint density at radius 3 is 2.48 bits per heavy atom. The molecule has 1 heterocycles. The van der Waals surface area contributed by atoms with Gasteiger partial charge in [0, 0.05) is 5.69 Å². The van der Waals surface area contributed by atoms with E-state index in [2.05, 4.69) is 17.6 Å². The van der Waals surface area contributed by atoms with Gasteiger partial charge in [0.15, 0.2) is 5.76 Å². The van der Waals surface area contributed by atoms with Crippen LogP contribution in [0.15, 0.2) is 47.1 Å². The fourth-order valence-corrected chi connectivity index (χ4v) is 1.82. The molecule has 0 unspecified atom stereocenters. The molecule has 2 rings (SSSR count). The van der Waals surface area contributed by atoms with Gasteiger partial charge >= 0.3 is 0 Å². The van der Waals surface area contributed by atoms with Crippen LogP contribution in [0.4, 0.5) is 5.69 Å². The van der Waals surface area contributed by atoms with Crippen molar-refractivity contribution in [2.75, 3.05) is 5.32 Å². The van der Waals surface area contributed by atoms with Gasteiger partial charge in [-0.05, 0) is 43.2 Å². The molecule has 1 aromatic heterocycles. The molecule has 0 bridgehead atoms. The summed E-state index contributed by atoms with van der Waals surface area (Å²) in [5.41, 5.74) is 1.91. The van der Waals surface area contributed by atoms with E-state index < -0.39 is 11.9 Å². The molecule has 1 aromatic carbocycles. The van der Waals surface area contributed by atoms with Crippen LogP contribution in [0.2, 0.25) is 0 Å². The van der Waals surface area contributed by atoms with Gasteiger partial charge in [0.1, 0.15) is 6.04 Å². The predicted octanol–water partition coefficient (Wildman–Crippen LogP) is 2.60. The number of carbonyl (C=O) groups is 2. The van der Waals surface area contributed by atoms with Crippen molar-refractivity contribution in [2.24, 2.45) is 0 Å². The summed E-state index contributed by atoms with van der Waals surface area (Å²) in [6.45, 7) is 3.69. The Balaban J connectivity index is 1.91. The standard InChI is InChI=1S/C16H18N2O3/c1-3-12-6-8-13(9-7-12)18-15(19)11(2)17-16(20)14-5-4-10-21-14/h4-11H,3H2,1-2H3,(H,17,20)(H,18,19)/t11-/m1/s1. The topological polar surface area (TPSA) is 71.3 Å². The molecular weight excluding hydrogens is 268 g/mol. The highest BCUT2D eigenvalue weighted by molar-refractivity contribution is 5.99. The number of carbonyl (C=O) groups excluding carboxylic acids is 2. The molecule has 0 aliphatic rings. The highest BCUT2D eigenvalue weighted by Gasteiger charge is 2.18. The van der Waals surface area contributed by atoms with Crippen LogP contribution in [0.5, 0.6) is 0 Å². The maximum Gasteiger partial charge on any atom is 0.287 e. The third-order valence-electron chi connectivity index (χ3n) is 3.12. The molecule has 0 aliphatic carbocycles. The molecular formula is C16H18N2O3. The average Bonchev–Trinajstić information content (AvgIpc) is 3.02. The fourth-order valence-electron chi connectivity index (χ4n) is 1.82. The Hall–Kier alpha value is -2.56. The molecule has 1 atom stereocenters. The van der Waals surface area contributed by atoms with Crippen LogP contribution in [-0.2, 0) is 11.2 Å². The van der Waals surface area contributed by atoms with Gasteiger partial charge in [-0.3, -0.25) is 9.59 Å². The minimum Gasteiger partial charge on any atom is -0.459 e. The van der Waals surface area contributed by atoms with Crippen molar-refractivity contribution in [3.8, 4) is 0 Å². The Bertz CT molecular complexity index is 603. The molecule has 0 saturated heterocycles. The summed E-state index contributed by atoms with van der Waals surface area (Å²) in [5.74, 6) is -0.509. The summed E-state index contributed by atoms with van der Waals surface area (Å²) in [6.07, 6.45) is 2.36. The summed E-state index contributed by atoms with van der Waals surface area (Å²) in [6, 6.07) is 10.1.